The predicted octanol–water partition coefficient (Wildman–Crippen LogP) is 2.88. The van der Waals surface area contributed by atoms with Crippen LogP contribution < -0.4 is 5.32 Å². The summed E-state index contributed by atoms with van der Waals surface area (Å²) in [5.41, 5.74) is 3.20. The highest BCUT2D eigenvalue weighted by Gasteiger charge is 2.54. The first kappa shape index (κ1) is 21.7. The number of hydrogen-bond acceptors (Lipinski definition) is 7. The number of nitrogens with zero attached hydrogens (tertiary/aromatic N) is 4. The molecular weight excluding hydrogens is 438 g/mol. The van der Waals surface area contributed by atoms with Gasteiger partial charge in [0.15, 0.2) is 5.69 Å². The molecule has 0 radical (unpaired) electrons. The molecule has 33 heavy (non-hydrogen) atoms. The van der Waals surface area contributed by atoms with E-state index < -0.39 is 0 Å². The Morgan fingerprint density at radius 3 is 2.67 bits per heavy atom. The van der Waals surface area contributed by atoms with Gasteiger partial charge in [0.05, 0.1) is 42.4 Å². The van der Waals surface area contributed by atoms with Gasteiger partial charge in [0.2, 0.25) is 5.91 Å². The molecule has 2 atom stereocenters. The number of nitrogens with one attached hydrogen (secondary N) is 1. The Morgan fingerprint density at radius 1 is 1.18 bits per heavy atom. The van der Waals surface area contributed by atoms with Crippen molar-refractivity contribution in [2.24, 2.45) is 0 Å². The highest BCUT2D eigenvalue weighted by atomic mass is 32.1. The van der Waals surface area contributed by atoms with Crippen molar-refractivity contribution in [1.82, 2.24) is 23.9 Å². The number of likely N-dealkylation sites (tertiary alicyclic amines) is 1. The molecule has 8 nitrogen and oxygen atoms in total. The molecule has 1 aliphatic carbocycles. The van der Waals surface area contributed by atoms with Crippen LogP contribution >= 0.6 is 11.7 Å². The average Bonchev–Trinajstić information content (AvgIpc) is 3.46. The van der Waals surface area contributed by atoms with E-state index in [-0.39, 0.29) is 29.4 Å². The summed E-state index contributed by atoms with van der Waals surface area (Å²) in [5, 5.41) is 3.13. The number of amides is 2. The summed E-state index contributed by atoms with van der Waals surface area (Å²) in [4.78, 5) is 31.2. The van der Waals surface area contributed by atoms with E-state index in [9.17, 15) is 9.59 Å². The fraction of sp³-hybridized carbons (Fsp3) is 0.375. The third-order valence-electron chi connectivity index (χ3n) is 6.70. The number of pyridine rings is 1. The number of carbonyl (C=O) groups is 2. The van der Waals surface area contributed by atoms with E-state index in [0.29, 0.717) is 25.4 Å². The smallest absolute Gasteiger partial charge is 0.275 e. The Morgan fingerprint density at radius 2 is 1.97 bits per heavy atom. The second-order valence-corrected chi connectivity index (χ2v) is 9.12. The fourth-order valence-corrected chi connectivity index (χ4v) is 5.63. The molecule has 2 aromatic heterocycles. The maximum atomic E-state index is 12.8. The van der Waals surface area contributed by atoms with E-state index in [1.54, 1.807) is 6.20 Å². The van der Waals surface area contributed by atoms with Crippen LogP contribution in [0.25, 0.3) is 0 Å². The minimum Gasteiger partial charge on any atom is -0.368 e. The summed E-state index contributed by atoms with van der Waals surface area (Å²) in [7, 11) is 0. The highest BCUT2D eigenvalue weighted by molar-refractivity contribution is 6.99. The van der Waals surface area contributed by atoms with Crippen molar-refractivity contribution in [2.45, 2.75) is 43.9 Å². The number of ether oxygens (including phenoxy) is 1. The molecule has 1 spiro atoms. The van der Waals surface area contributed by atoms with E-state index in [1.807, 2.05) is 35.2 Å². The fourth-order valence-electron chi connectivity index (χ4n) is 5.23. The molecule has 0 saturated carbocycles. The van der Waals surface area contributed by atoms with Gasteiger partial charge in [0.1, 0.15) is 0 Å². The molecule has 3 aromatic rings. The van der Waals surface area contributed by atoms with Crippen molar-refractivity contribution in [2.75, 3.05) is 13.1 Å². The largest absolute Gasteiger partial charge is 0.368 e. The van der Waals surface area contributed by atoms with Crippen molar-refractivity contribution < 1.29 is 14.3 Å². The molecule has 3 heterocycles. The molecule has 2 aliphatic rings. The molecule has 1 aliphatic heterocycles. The standard InChI is InChI=1S/C24H25N5O3S/c1-16(30)27-21-18-7-2-3-8-19(18)24(22(21)32-15-17-6-4-5-11-25-17)9-12-29(13-10-24)23(31)20-14-26-33-28-20/h2-8,11,14,21-22H,9-10,12-13,15H2,1H3,(H,27,30)/t21-,22+/m1/s1. The first-order valence-corrected chi connectivity index (χ1v) is 11.8. The van der Waals surface area contributed by atoms with E-state index in [2.05, 4.69) is 31.2 Å². The second-order valence-electron chi connectivity index (χ2n) is 8.56. The zero-order valence-corrected chi connectivity index (χ0v) is 19.1. The van der Waals surface area contributed by atoms with Gasteiger partial charge in [-0.2, -0.15) is 8.75 Å². The molecule has 0 bridgehead atoms. The van der Waals surface area contributed by atoms with Gasteiger partial charge in [-0.1, -0.05) is 30.3 Å². The van der Waals surface area contributed by atoms with E-state index in [0.717, 1.165) is 35.8 Å². The molecular formula is C24H25N5O3S. The first-order valence-electron chi connectivity index (χ1n) is 11.0. The number of benzene rings is 1. The summed E-state index contributed by atoms with van der Waals surface area (Å²) >= 11 is 1.04. The van der Waals surface area contributed by atoms with Crippen LogP contribution in [-0.2, 0) is 21.6 Å². The summed E-state index contributed by atoms with van der Waals surface area (Å²) in [6.07, 6.45) is 4.47. The zero-order chi connectivity index (χ0) is 22.8. The van der Waals surface area contributed by atoms with Crippen LogP contribution in [0, 0.1) is 0 Å². The van der Waals surface area contributed by atoms with Gasteiger partial charge in [-0.05, 0) is 36.1 Å². The van der Waals surface area contributed by atoms with Crippen LogP contribution in [0.1, 0.15) is 53.1 Å². The van der Waals surface area contributed by atoms with E-state index in [4.69, 9.17) is 4.74 Å². The molecule has 1 fully saturated rings. The summed E-state index contributed by atoms with van der Waals surface area (Å²) in [6, 6.07) is 13.7. The van der Waals surface area contributed by atoms with Crippen molar-refractivity contribution in [3.63, 3.8) is 0 Å². The minimum atomic E-state index is -0.310. The van der Waals surface area contributed by atoms with Crippen molar-refractivity contribution in [3.8, 4) is 0 Å². The Bertz CT molecular complexity index is 1130. The third-order valence-corrected chi connectivity index (χ3v) is 7.18. The van der Waals surface area contributed by atoms with Gasteiger partial charge in [-0.15, -0.1) is 0 Å². The SMILES string of the molecule is CC(=O)N[C@@H]1c2ccccc2C2(CCN(C(=O)c3cnsn3)CC2)[C@H]1OCc1ccccn1. The number of rotatable bonds is 5. The second kappa shape index (κ2) is 8.99. The van der Waals surface area contributed by atoms with E-state index >= 15 is 0 Å². The van der Waals surface area contributed by atoms with Crippen molar-refractivity contribution in [1.29, 1.82) is 0 Å². The zero-order valence-electron chi connectivity index (χ0n) is 18.3. The number of carbonyl (C=O) groups excluding carboxylic acids is 2. The van der Waals surface area contributed by atoms with Crippen LogP contribution in [0.3, 0.4) is 0 Å². The normalized spacial score (nSPS) is 21.1. The van der Waals surface area contributed by atoms with Crippen LogP contribution in [0.5, 0.6) is 0 Å². The number of aromatic nitrogens is 3. The molecule has 1 saturated heterocycles. The van der Waals surface area contributed by atoms with Crippen LogP contribution in [0.4, 0.5) is 0 Å². The first-order chi connectivity index (χ1) is 16.1. The summed E-state index contributed by atoms with van der Waals surface area (Å²) in [6.45, 7) is 3.05. The maximum Gasteiger partial charge on any atom is 0.275 e. The quantitative estimate of drug-likeness (QED) is 0.625. The number of piperidine rings is 1. The average molecular weight is 464 g/mol. The Kier molecular flexibility index (Phi) is 5.90. The lowest BCUT2D eigenvalue weighted by molar-refractivity contribution is -0.122. The molecule has 0 unspecified atom stereocenters. The molecule has 1 aromatic carbocycles. The Labute approximate surface area is 196 Å². The highest BCUT2D eigenvalue weighted by Crippen LogP contribution is 2.52. The molecule has 1 N–H and O–H groups in total. The van der Waals surface area contributed by atoms with Crippen molar-refractivity contribution >= 4 is 23.5 Å². The monoisotopic (exact) mass is 463 g/mol. The third kappa shape index (κ3) is 4.02. The van der Waals surface area contributed by atoms with Gasteiger partial charge in [0, 0.05) is 31.6 Å². The maximum absolute atomic E-state index is 12.8. The van der Waals surface area contributed by atoms with Gasteiger partial charge >= 0.3 is 0 Å². The van der Waals surface area contributed by atoms with Gasteiger partial charge in [-0.25, -0.2) is 0 Å². The van der Waals surface area contributed by atoms with Crippen LogP contribution in [0.15, 0.2) is 54.9 Å². The molecule has 2 amide bonds. The summed E-state index contributed by atoms with van der Waals surface area (Å²) in [5.74, 6) is -0.184. The number of fused-ring (bicyclic) bond motifs is 2. The van der Waals surface area contributed by atoms with Crippen molar-refractivity contribution in [3.05, 3.63) is 77.4 Å². The van der Waals surface area contributed by atoms with Crippen LogP contribution in [-0.4, -0.2) is 49.6 Å². The topological polar surface area (TPSA) is 97.3 Å². The van der Waals surface area contributed by atoms with Crippen LogP contribution in [0.2, 0.25) is 0 Å². The lowest BCUT2D eigenvalue weighted by Crippen LogP contribution is -2.51. The van der Waals surface area contributed by atoms with Gasteiger partial charge in [0.25, 0.3) is 5.91 Å². The van der Waals surface area contributed by atoms with Gasteiger partial charge < -0.3 is 15.0 Å². The minimum absolute atomic E-state index is 0.0887. The lowest BCUT2D eigenvalue weighted by atomic mass is 9.71. The van der Waals surface area contributed by atoms with Gasteiger partial charge in [-0.3, -0.25) is 14.6 Å². The molecule has 5 rings (SSSR count). The van der Waals surface area contributed by atoms with E-state index in [1.165, 1.54) is 18.7 Å². The molecule has 170 valence electrons. The Balaban J connectivity index is 1.45. The number of hydrogen-bond donors (Lipinski definition) is 1. The lowest BCUT2D eigenvalue weighted by Gasteiger charge is -2.44. The molecule has 9 heteroatoms. The predicted molar refractivity (Wildman–Crippen MR) is 123 cm³/mol. The Hall–Kier alpha value is -3.17. The summed E-state index contributed by atoms with van der Waals surface area (Å²) < 4.78 is 14.6.